The van der Waals surface area contributed by atoms with Crippen molar-refractivity contribution >= 4 is 11.7 Å². The van der Waals surface area contributed by atoms with E-state index in [2.05, 4.69) is 25.9 Å². The number of aromatic nitrogens is 4. The molecule has 0 aliphatic carbocycles. The normalized spacial score (nSPS) is 14.0. The number of nitriles is 1. The van der Waals surface area contributed by atoms with E-state index in [0.29, 0.717) is 43.1 Å². The summed E-state index contributed by atoms with van der Waals surface area (Å²) < 4.78 is 1.85. The lowest BCUT2D eigenvalue weighted by Crippen LogP contribution is -2.49. The SMILES string of the molecule is Cc1nc(N2CCN(C(=O)c3ccc(C#N)cc3)CC2)cc(-n2ccnc2)n1. The fourth-order valence-corrected chi connectivity index (χ4v) is 3.23. The molecular formula is C20H19N7O. The molecule has 140 valence electrons. The highest BCUT2D eigenvalue weighted by atomic mass is 16.2. The van der Waals surface area contributed by atoms with Crippen molar-refractivity contribution in [2.45, 2.75) is 6.92 Å². The maximum Gasteiger partial charge on any atom is 0.253 e. The van der Waals surface area contributed by atoms with Crippen molar-refractivity contribution < 1.29 is 4.79 Å². The minimum Gasteiger partial charge on any atom is -0.353 e. The Morgan fingerprint density at radius 2 is 1.79 bits per heavy atom. The van der Waals surface area contributed by atoms with Crippen molar-refractivity contribution in [3.05, 3.63) is 66.0 Å². The predicted molar refractivity (Wildman–Crippen MR) is 103 cm³/mol. The molecule has 8 heteroatoms. The number of anilines is 1. The van der Waals surface area contributed by atoms with Gasteiger partial charge in [-0.1, -0.05) is 0 Å². The summed E-state index contributed by atoms with van der Waals surface area (Å²) in [6.07, 6.45) is 5.27. The lowest BCUT2D eigenvalue weighted by Gasteiger charge is -2.35. The van der Waals surface area contributed by atoms with Gasteiger partial charge in [0.05, 0.1) is 11.6 Å². The van der Waals surface area contributed by atoms with Gasteiger partial charge in [0, 0.05) is 50.2 Å². The minimum absolute atomic E-state index is 0.0119. The van der Waals surface area contributed by atoms with Gasteiger partial charge in [0.25, 0.3) is 5.91 Å². The third-order valence-corrected chi connectivity index (χ3v) is 4.73. The number of amides is 1. The van der Waals surface area contributed by atoms with Crippen molar-refractivity contribution in [3.63, 3.8) is 0 Å². The first-order chi connectivity index (χ1) is 13.6. The Kier molecular flexibility index (Phi) is 4.72. The number of carbonyl (C=O) groups is 1. The summed E-state index contributed by atoms with van der Waals surface area (Å²) in [5, 5.41) is 8.89. The lowest BCUT2D eigenvalue weighted by atomic mass is 10.1. The summed E-state index contributed by atoms with van der Waals surface area (Å²) >= 11 is 0. The first-order valence-corrected chi connectivity index (χ1v) is 9.02. The molecule has 3 aromatic rings. The number of hydrogen-bond acceptors (Lipinski definition) is 6. The van der Waals surface area contributed by atoms with Gasteiger partial charge in [0.15, 0.2) is 0 Å². The molecule has 4 rings (SSSR count). The van der Waals surface area contributed by atoms with E-state index in [4.69, 9.17) is 5.26 Å². The Morgan fingerprint density at radius 3 is 2.43 bits per heavy atom. The summed E-state index contributed by atoms with van der Waals surface area (Å²) in [6, 6.07) is 10.8. The number of aryl methyl sites for hydroxylation is 1. The Bertz CT molecular complexity index is 1010. The zero-order valence-corrected chi connectivity index (χ0v) is 15.5. The van der Waals surface area contributed by atoms with Crippen LogP contribution in [-0.4, -0.2) is 56.5 Å². The monoisotopic (exact) mass is 373 g/mol. The van der Waals surface area contributed by atoms with Crippen molar-refractivity contribution in [2.24, 2.45) is 0 Å². The Morgan fingerprint density at radius 1 is 1.07 bits per heavy atom. The molecule has 1 aliphatic rings. The molecule has 3 heterocycles. The Balaban J connectivity index is 1.45. The quantitative estimate of drug-likeness (QED) is 0.695. The molecule has 28 heavy (non-hydrogen) atoms. The van der Waals surface area contributed by atoms with Crippen LogP contribution in [0.15, 0.2) is 49.1 Å². The number of rotatable bonds is 3. The van der Waals surface area contributed by atoms with Gasteiger partial charge in [-0.3, -0.25) is 9.36 Å². The fourth-order valence-electron chi connectivity index (χ4n) is 3.23. The van der Waals surface area contributed by atoms with Gasteiger partial charge in [-0.2, -0.15) is 5.26 Å². The molecule has 0 radical (unpaired) electrons. The molecule has 0 N–H and O–H groups in total. The Labute approximate surface area is 162 Å². The third kappa shape index (κ3) is 3.55. The van der Waals surface area contributed by atoms with Crippen molar-refractivity contribution in [3.8, 4) is 11.9 Å². The average Bonchev–Trinajstić information content (AvgIpc) is 3.28. The summed E-state index contributed by atoms with van der Waals surface area (Å²) in [6.45, 7) is 4.49. The third-order valence-electron chi connectivity index (χ3n) is 4.73. The van der Waals surface area contributed by atoms with Gasteiger partial charge in [0.1, 0.15) is 23.8 Å². The van der Waals surface area contributed by atoms with E-state index in [9.17, 15) is 4.79 Å². The lowest BCUT2D eigenvalue weighted by molar-refractivity contribution is 0.0746. The number of benzene rings is 1. The molecule has 0 unspecified atom stereocenters. The molecule has 0 bridgehead atoms. The van der Waals surface area contributed by atoms with Gasteiger partial charge >= 0.3 is 0 Å². The van der Waals surface area contributed by atoms with Crippen LogP contribution in [0.25, 0.3) is 5.82 Å². The van der Waals surface area contributed by atoms with Crippen LogP contribution in [-0.2, 0) is 0 Å². The summed E-state index contributed by atoms with van der Waals surface area (Å²) in [5.41, 5.74) is 1.15. The number of imidazole rings is 1. The van der Waals surface area contributed by atoms with Crippen molar-refractivity contribution in [2.75, 3.05) is 31.1 Å². The van der Waals surface area contributed by atoms with Crippen LogP contribution in [0.2, 0.25) is 0 Å². The molecular weight excluding hydrogens is 354 g/mol. The summed E-state index contributed by atoms with van der Waals surface area (Å²) in [7, 11) is 0. The Hall–Kier alpha value is -3.73. The second-order valence-electron chi connectivity index (χ2n) is 6.57. The zero-order valence-electron chi connectivity index (χ0n) is 15.5. The smallest absolute Gasteiger partial charge is 0.253 e. The van der Waals surface area contributed by atoms with E-state index in [1.807, 2.05) is 28.7 Å². The van der Waals surface area contributed by atoms with Gasteiger partial charge in [-0.25, -0.2) is 15.0 Å². The number of carbonyl (C=O) groups excluding carboxylic acids is 1. The number of nitrogens with zero attached hydrogens (tertiary/aromatic N) is 7. The fraction of sp³-hybridized carbons (Fsp3) is 0.250. The van der Waals surface area contributed by atoms with Crippen LogP contribution in [0.3, 0.4) is 0 Å². The van der Waals surface area contributed by atoms with E-state index < -0.39 is 0 Å². The molecule has 1 fully saturated rings. The van der Waals surface area contributed by atoms with Crippen LogP contribution >= 0.6 is 0 Å². The molecule has 1 amide bonds. The van der Waals surface area contributed by atoms with Crippen molar-refractivity contribution in [1.82, 2.24) is 24.4 Å². The molecule has 1 aliphatic heterocycles. The van der Waals surface area contributed by atoms with Crippen LogP contribution in [0.1, 0.15) is 21.7 Å². The van der Waals surface area contributed by atoms with Gasteiger partial charge < -0.3 is 9.80 Å². The van der Waals surface area contributed by atoms with E-state index in [0.717, 1.165) is 11.6 Å². The van der Waals surface area contributed by atoms with E-state index in [1.54, 1.807) is 36.8 Å². The summed E-state index contributed by atoms with van der Waals surface area (Å²) in [5.74, 6) is 2.30. The highest BCUT2D eigenvalue weighted by Gasteiger charge is 2.23. The summed E-state index contributed by atoms with van der Waals surface area (Å²) in [4.78, 5) is 29.8. The van der Waals surface area contributed by atoms with Crippen LogP contribution in [0, 0.1) is 18.3 Å². The first-order valence-electron chi connectivity index (χ1n) is 9.02. The molecule has 8 nitrogen and oxygen atoms in total. The van der Waals surface area contributed by atoms with Crippen LogP contribution in [0.5, 0.6) is 0 Å². The van der Waals surface area contributed by atoms with Crippen molar-refractivity contribution in [1.29, 1.82) is 5.26 Å². The zero-order chi connectivity index (χ0) is 19.5. The maximum atomic E-state index is 12.7. The number of piperazine rings is 1. The first kappa shape index (κ1) is 17.7. The van der Waals surface area contributed by atoms with E-state index in [1.165, 1.54) is 0 Å². The topological polar surface area (TPSA) is 90.9 Å². The van der Waals surface area contributed by atoms with Gasteiger partial charge in [0.2, 0.25) is 0 Å². The molecule has 2 aromatic heterocycles. The van der Waals surface area contributed by atoms with E-state index in [-0.39, 0.29) is 5.91 Å². The van der Waals surface area contributed by atoms with E-state index >= 15 is 0 Å². The van der Waals surface area contributed by atoms with Gasteiger partial charge in [-0.15, -0.1) is 0 Å². The predicted octanol–water partition coefficient (Wildman–Crippen LogP) is 1.80. The molecule has 0 atom stereocenters. The molecule has 0 saturated carbocycles. The second-order valence-corrected chi connectivity index (χ2v) is 6.57. The second kappa shape index (κ2) is 7.48. The van der Waals surface area contributed by atoms with Crippen LogP contribution < -0.4 is 4.90 Å². The maximum absolute atomic E-state index is 12.7. The highest BCUT2D eigenvalue weighted by Crippen LogP contribution is 2.18. The molecule has 1 aromatic carbocycles. The molecule has 0 spiro atoms. The number of hydrogen-bond donors (Lipinski definition) is 0. The average molecular weight is 373 g/mol. The highest BCUT2D eigenvalue weighted by molar-refractivity contribution is 5.94. The largest absolute Gasteiger partial charge is 0.353 e. The molecule has 1 saturated heterocycles. The standard InChI is InChI=1S/C20H19N7O/c1-15-23-18(12-19(24-15)27-7-6-22-14-27)25-8-10-26(11-9-25)20(28)17-4-2-16(13-21)3-5-17/h2-7,12,14H,8-11H2,1H3. The van der Waals surface area contributed by atoms with Gasteiger partial charge in [-0.05, 0) is 31.2 Å². The minimum atomic E-state index is -0.0119. The van der Waals surface area contributed by atoms with Crippen LogP contribution in [0.4, 0.5) is 5.82 Å².